The van der Waals surface area contributed by atoms with Gasteiger partial charge in [-0.25, -0.2) is 0 Å². The number of thiophene rings is 1. The zero-order valence-corrected chi connectivity index (χ0v) is 16.2. The van der Waals surface area contributed by atoms with Gasteiger partial charge in [-0.3, -0.25) is 9.69 Å². The number of hydrogen-bond acceptors (Lipinski definition) is 4. The molecule has 0 aliphatic carbocycles. The van der Waals surface area contributed by atoms with Crippen molar-refractivity contribution in [1.82, 2.24) is 10.2 Å². The number of carbonyl (C=O) groups excluding carboxylic acids is 1. The molecule has 5 rings (SSSR count). The molecule has 0 bridgehead atoms. The number of carbonyl (C=O) groups is 1. The fourth-order valence-electron chi connectivity index (χ4n) is 4.19. The van der Waals surface area contributed by atoms with Crippen LogP contribution in [0.4, 0.5) is 0 Å². The molecule has 2 saturated heterocycles. The number of benzene rings is 2. The number of nitrogens with zero attached hydrogens (tertiary/aromatic N) is 1. The Morgan fingerprint density at radius 1 is 1.15 bits per heavy atom. The zero-order chi connectivity index (χ0) is 18.6. The number of likely N-dealkylation sites (tertiary alicyclic amines) is 1. The maximum atomic E-state index is 11.5. The van der Waals surface area contributed by atoms with Gasteiger partial charge in [0.1, 0.15) is 5.75 Å². The van der Waals surface area contributed by atoms with Gasteiger partial charge in [-0.1, -0.05) is 35.9 Å². The van der Waals surface area contributed by atoms with Gasteiger partial charge in [0.15, 0.2) is 0 Å². The number of phenols is 1. The van der Waals surface area contributed by atoms with E-state index in [9.17, 15) is 9.90 Å². The molecule has 3 aromatic rings. The molecular weight excluding hydrogens is 380 g/mol. The molecular formula is C21H19ClN2O2S. The molecule has 0 unspecified atom stereocenters. The number of phenolic OH excluding ortho intramolecular Hbond substituents is 1. The summed E-state index contributed by atoms with van der Waals surface area (Å²) in [4.78, 5) is 15.0. The number of rotatable bonds is 3. The minimum Gasteiger partial charge on any atom is -0.508 e. The number of halogens is 1. The van der Waals surface area contributed by atoms with Crippen LogP contribution in [0.1, 0.15) is 17.7 Å². The molecule has 6 heteroatoms. The van der Waals surface area contributed by atoms with E-state index in [-0.39, 0.29) is 17.2 Å². The first kappa shape index (κ1) is 17.0. The van der Waals surface area contributed by atoms with Crippen molar-refractivity contribution in [3.63, 3.8) is 0 Å². The van der Waals surface area contributed by atoms with Crippen molar-refractivity contribution < 1.29 is 9.90 Å². The van der Waals surface area contributed by atoms with Crippen LogP contribution in [0.25, 0.3) is 21.2 Å². The van der Waals surface area contributed by atoms with E-state index in [0.29, 0.717) is 6.42 Å². The molecule has 2 N–H and O–H groups in total. The molecule has 4 nitrogen and oxygen atoms in total. The first-order valence-corrected chi connectivity index (χ1v) is 10.2. The van der Waals surface area contributed by atoms with E-state index >= 15 is 0 Å². The largest absolute Gasteiger partial charge is 0.508 e. The summed E-state index contributed by atoms with van der Waals surface area (Å²) in [7, 11) is 0. The molecule has 2 aliphatic rings. The highest BCUT2D eigenvalue weighted by Gasteiger charge is 2.47. The molecule has 1 spiro atoms. The van der Waals surface area contributed by atoms with Crippen molar-refractivity contribution in [2.24, 2.45) is 0 Å². The Labute approximate surface area is 166 Å². The smallest absolute Gasteiger partial charge is 0.220 e. The van der Waals surface area contributed by atoms with Crippen LogP contribution in [0.3, 0.4) is 0 Å². The van der Waals surface area contributed by atoms with Gasteiger partial charge in [-0.2, -0.15) is 0 Å². The number of nitrogens with one attached hydrogen (secondary N) is 1. The molecule has 2 fully saturated rings. The van der Waals surface area contributed by atoms with Crippen molar-refractivity contribution in [1.29, 1.82) is 0 Å². The Balaban J connectivity index is 1.37. The van der Waals surface area contributed by atoms with Gasteiger partial charge in [0.2, 0.25) is 5.91 Å². The average molecular weight is 399 g/mol. The lowest BCUT2D eigenvalue weighted by Crippen LogP contribution is -2.66. The Kier molecular flexibility index (Phi) is 3.93. The highest BCUT2D eigenvalue weighted by Crippen LogP contribution is 2.40. The third-order valence-electron chi connectivity index (χ3n) is 5.55. The fourth-order valence-corrected chi connectivity index (χ4v) is 5.76. The summed E-state index contributed by atoms with van der Waals surface area (Å²) in [5, 5.41) is 14.5. The lowest BCUT2D eigenvalue weighted by Gasteiger charge is -2.47. The van der Waals surface area contributed by atoms with Crippen molar-refractivity contribution in [2.75, 3.05) is 13.1 Å². The van der Waals surface area contributed by atoms with Gasteiger partial charge in [0, 0.05) is 41.0 Å². The van der Waals surface area contributed by atoms with Crippen molar-refractivity contribution >= 4 is 38.9 Å². The monoisotopic (exact) mass is 398 g/mol. The van der Waals surface area contributed by atoms with E-state index in [1.54, 1.807) is 23.5 Å². The van der Waals surface area contributed by atoms with E-state index < -0.39 is 0 Å². The first-order valence-electron chi connectivity index (χ1n) is 9.05. The topological polar surface area (TPSA) is 52.6 Å². The summed E-state index contributed by atoms with van der Waals surface area (Å²) >= 11 is 8.39. The van der Waals surface area contributed by atoms with Gasteiger partial charge in [-0.05, 0) is 35.7 Å². The second-order valence-corrected chi connectivity index (χ2v) is 9.09. The molecule has 138 valence electrons. The molecule has 1 aromatic heterocycles. The van der Waals surface area contributed by atoms with Gasteiger partial charge in [0.05, 0.1) is 10.6 Å². The minimum absolute atomic E-state index is 0.00623. The van der Waals surface area contributed by atoms with E-state index in [1.165, 1.54) is 9.58 Å². The van der Waals surface area contributed by atoms with Gasteiger partial charge in [-0.15, -0.1) is 11.3 Å². The van der Waals surface area contributed by atoms with E-state index in [4.69, 9.17) is 11.6 Å². The summed E-state index contributed by atoms with van der Waals surface area (Å²) in [6.07, 6.45) is 1.59. The lowest BCUT2D eigenvalue weighted by atomic mass is 9.88. The van der Waals surface area contributed by atoms with Crippen LogP contribution < -0.4 is 5.32 Å². The van der Waals surface area contributed by atoms with Crippen LogP contribution in [0.15, 0.2) is 42.5 Å². The van der Waals surface area contributed by atoms with Crippen molar-refractivity contribution in [3.8, 4) is 16.9 Å². The predicted octanol–water partition coefficient (Wildman–Crippen LogP) is 4.39. The molecule has 0 radical (unpaired) electrons. The Hall–Kier alpha value is -2.08. The summed E-state index contributed by atoms with van der Waals surface area (Å²) in [6, 6.07) is 13.6. The fraction of sp³-hybridized carbons (Fsp3) is 0.286. The summed E-state index contributed by atoms with van der Waals surface area (Å²) in [5.41, 5.74) is 2.19. The SMILES string of the molecule is O=C1CCC2(CN(Cc3sc4cc(-c5ccc(O)cc5)ccc4c3Cl)C2)N1. The summed E-state index contributed by atoms with van der Waals surface area (Å²) in [5.74, 6) is 0.448. The number of fused-ring (bicyclic) bond motifs is 1. The number of aromatic hydroxyl groups is 1. The van der Waals surface area contributed by atoms with E-state index in [2.05, 4.69) is 28.4 Å². The van der Waals surface area contributed by atoms with Crippen LogP contribution in [-0.4, -0.2) is 34.5 Å². The summed E-state index contributed by atoms with van der Waals surface area (Å²) in [6.45, 7) is 2.63. The third kappa shape index (κ3) is 3.00. The lowest BCUT2D eigenvalue weighted by molar-refractivity contribution is -0.120. The number of hydrogen-bond donors (Lipinski definition) is 2. The molecule has 0 atom stereocenters. The predicted molar refractivity (Wildman–Crippen MR) is 109 cm³/mol. The van der Waals surface area contributed by atoms with Crippen LogP contribution >= 0.6 is 22.9 Å². The van der Waals surface area contributed by atoms with Crippen LogP contribution in [0.2, 0.25) is 5.02 Å². The van der Waals surface area contributed by atoms with E-state index in [1.807, 2.05) is 12.1 Å². The second-order valence-electron chi connectivity index (χ2n) is 7.57. The van der Waals surface area contributed by atoms with Crippen LogP contribution in [0.5, 0.6) is 5.75 Å². The normalized spacial score (nSPS) is 18.8. The molecule has 2 aliphatic heterocycles. The highest BCUT2D eigenvalue weighted by atomic mass is 35.5. The Morgan fingerprint density at radius 3 is 2.59 bits per heavy atom. The molecule has 27 heavy (non-hydrogen) atoms. The number of amides is 1. The zero-order valence-electron chi connectivity index (χ0n) is 14.7. The van der Waals surface area contributed by atoms with Crippen LogP contribution in [0, 0.1) is 0 Å². The molecule has 3 heterocycles. The quantitative estimate of drug-likeness (QED) is 0.687. The second kappa shape index (κ2) is 6.23. The van der Waals surface area contributed by atoms with Gasteiger partial charge < -0.3 is 10.4 Å². The summed E-state index contributed by atoms with van der Waals surface area (Å²) < 4.78 is 1.17. The molecule has 1 amide bonds. The Bertz CT molecular complexity index is 1040. The van der Waals surface area contributed by atoms with E-state index in [0.717, 1.165) is 47.6 Å². The molecule has 0 saturated carbocycles. The minimum atomic E-state index is 0.00623. The van der Waals surface area contributed by atoms with Gasteiger partial charge >= 0.3 is 0 Å². The van der Waals surface area contributed by atoms with Gasteiger partial charge in [0.25, 0.3) is 0 Å². The highest BCUT2D eigenvalue weighted by molar-refractivity contribution is 7.19. The third-order valence-corrected chi connectivity index (χ3v) is 7.23. The van der Waals surface area contributed by atoms with Crippen molar-refractivity contribution in [2.45, 2.75) is 24.9 Å². The molecule has 2 aromatic carbocycles. The maximum Gasteiger partial charge on any atom is 0.220 e. The first-order chi connectivity index (χ1) is 13.0. The standard InChI is InChI=1S/C21H19ClN2O2S/c22-20-16-6-3-14(13-1-4-15(25)5-2-13)9-17(16)27-18(20)10-24-11-21(12-24)8-7-19(26)23-21/h1-6,9,25H,7-8,10-12H2,(H,23,26). The van der Waals surface area contributed by atoms with Crippen molar-refractivity contribution in [3.05, 3.63) is 52.4 Å². The Morgan fingerprint density at radius 2 is 1.89 bits per heavy atom. The average Bonchev–Trinajstić information content (AvgIpc) is 3.16. The van der Waals surface area contributed by atoms with Crippen LogP contribution in [-0.2, 0) is 11.3 Å². The maximum absolute atomic E-state index is 11.5.